The topological polar surface area (TPSA) is 56.7 Å². The fourth-order valence-electron chi connectivity index (χ4n) is 2.37. The second-order valence-corrected chi connectivity index (χ2v) is 4.71. The number of aryl methyl sites for hydroxylation is 1. The Morgan fingerprint density at radius 1 is 1.16 bits per heavy atom. The van der Waals surface area contributed by atoms with Crippen molar-refractivity contribution in [1.82, 2.24) is 14.8 Å². The molecule has 0 bridgehead atoms. The number of nitrogens with two attached hydrogens (primary N) is 1. The SMILES string of the molecule is Cc1c(C(N)c2cccc3cccnc23)cnn1C. The van der Waals surface area contributed by atoms with E-state index in [1.54, 1.807) is 6.20 Å². The van der Waals surface area contributed by atoms with E-state index in [0.29, 0.717) is 0 Å². The monoisotopic (exact) mass is 252 g/mol. The maximum absolute atomic E-state index is 6.40. The van der Waals surface area contributed by atoms with E-state index >= 15 is 0 Å². The largest absolute Gasteiger partial charge is 0.320 e. The Kier molecular flexibility index (Phi) is 2.80. The van der Waals surface area contributed by atoms with Crippen molar-refractivity contribution in [2.45, 2.75) is 13.0 Å². The fourth-order valence-corrected chi connectivity index (χ4v) is 2.37. The molecule has 0 spiro atoms. The van der Waals surface area contributed by atoms with Crippen molar-refractivity contribution >= 4 is 10.9 Å². The molecule has 2 N–H and O–H groups in total. The van der Waals surface area contributed by atoms with Crippen molar-refractivity contribution in [1.29, 1.82) is 0 Å². The van der Waals surface area contributed by atoms with Crippen LogP contribution in [0.5, 0.6) is 0 Å². The molecule has 4 nitrogen and oxygen atoms in total. The Labute approximate surface area is 111 Å². The molecule has 2 aromatic heterocycles. The number of rotatable bonds is 2. The minimum atomic E-state index is -0.202. The van der Waals surface area contributed by atoms with Gasteiger partial charge >= 0.3 is 0 Å². The van der Waals surface area contributed by atoms with E-state index in [2.05, 4.69) is 22.2 Å². The zero-order valence-electron chi connectivity index (χ0n) is 11.0. The van der Waals surface area contributed by atoms with Crippen LogP contribution in [0, 0.1) is 6.92 Å². The van der Waals surface area contributed by atoms with Gasteiger partial charge in [-0.25, -0.2) is 0 Å². The first-order valence-corrected chi connectivity index (χ1v) is 6.26. The summed E-state index contributed by atoms with van der Waals surface area (Å²) in [4.78, 5) is 4.46. The summed E-state index contributed by atoms with van der Waals surface area (Å²) < 4.78 is 1.84. The minimum absolute atomic E-state index is 0.202. The molecule has 0 aliphatic heterocycles. The van der Waals surface area contributed by atoms with Gasteiger partial charge in [0, 0.05) is 29.9 Å². The van der Waals surface area contributed by atoms with Crippen molar-refractivity contribution in [3.8, 4) is 0 Å². The van der Waals surface area contributed by atoms with Gasteiger partial charge in [-0.1, -0.05) is 24.3 Å². The molecule has 1 unspecified atom stereocenters. The molecule has 0 amide bonds. The standard InChI is InChI=1S/C15H16N4/c1-10-13(9-18-19(10)2)14(16)12-7-3-5-11-6-4-8-17-15(11)12/h3-9,14H,16H2,1-2H3. The molecule has 4 heteroatoms. The number of benzene rings is 1. The van der Waals surface area contributed by atoms with Gasteiger partial charge in [0.2, 0.25) is 0 Å². The smallest absolute Gasteiger partial charge is 0.0753 e. The van der Waals surface area contributed by atoms with Crippen molar-refractivity contribution in [3.63, 3.8) is 0 Å². The molecule has 0 aliphatic rings. The van der Waals surface area contributed by atoms with Crippen molar-refractivity contribution in [2.75, 3.05) is 0 Å². The first-order chi connectivity index (χ1) is 9.18. The summed E-state index contributed by atoms with van der Waals surface area (Å²) in [6.45, 7) is 2.03. The molecule has 0 radical (unpaired) electrons. The van der Waals surface area contributed by atoms with E-state index in [1.807, 2.05) is 43.0 Å². The number of fused-ring (bicyclic) bond motifs is 1. The highest BCUT2D eigenvalue weighted by atomic mass is 15.3. The lowest BCUT2D eigenvalue weighted by atomic mass is 9.97. The van der Waals surface area contributed by atoms with Gasteiger partial charge < -0.3 is 5.73 Å². The Balaban J connectivity index is 2.17. The molecule has 3 rings (SSSR count). The maximum Gasteiger partial charge on any atom is 0.0753 e. The highest BCUT2D eigenvalue weighted by Gasteiger charge is 2.17. The summed E-state index contributed by atoms with van der Waals surface area (Å²) in [5.41, 5.74) is 10.5. The number of hydrogen-bond donors (Lipinski definition) is 1. The number of pyridine rings is 1. The van der Waals surface area contributed by atoms with Crippen LogP contribution in [0.2, 0.25) is 0 Å². The van der Waals surface area contributed by atoms with Crippen molar-refractivity contribution in [2.24, 2.45) is 12.8 Å². The van der Waals surface area contributed by atoms with Crippen LogP contribution in [0.15, 0.2) is 42.7 Å². The summed E-state index contributed by atoms with van der Waals surface area (Å²) >= 11 is 0. The lowest BCUT2D eigenvalue weighted by molar-refractivity contribution is 0.734. The molecule has 19 heavy (non-hydrogen) atoms. The molecular weight excluding hydrogens is 236 g/mol. The van der Waals surface area contributed by atoms with E-state index in [4.69, 9.17) is 5.73 Å². The van der Waals surface area contributed by atoms with E-state index in [9.17, 15) is 0 Å². The first kappa shape index (κ1) is 11.9. The Hall–Kier alpha value is -2.20. The summed E-state index contributed by atoms with van der Waals surface area (Å²) in [6, 6.07) is 9.89. The van der Waals surface area contributed by atoms with Crippen LogP contribution in [0.25, 0.3) is 10.9 Å². The van der Waals surface area contributed by atoms with Crippen LogP contribution in [0.1, 0.15) is 22.9 Å². The molecule has 0 aliphatic carbocycles. The molecule has 1 atom stereocenters. The van der Waals surface area contributed by atoms with Gasteiger partial charge in [0.25, 0.3) is 0 Å². The molecule has 96 valence electrons. The third-order valence-electron chi connectivity index (χ3n) is 3.61. The van der Waals surface area contributed by atoms with Crippen LogP contribution in [-0.2, 0) is 7.05 Å². The van der Waals surface area contributed by atoms with Gasteiger partial charge in [-0.05, 0) is 18.6 Å². The third-order valence-corrected chi connectivity index (χ3v) is 3.61. The summed E-state index contributed by atoms with van der Waals surface area (Å²) in [5, 5.41) is 5.37. The van der Waals surface area contributed by atoms with Gasteiger partial charge in [0.15, 0.2) is 0 Å². The van der Waals surface area contributed by atoms with Crippen LogP contribution in [0.4, 0.5) is 0 Å². The first-order valence-electron chi connectivity index (χ1n) is 6.26. The quantitative estimate of drug-likeness (QED) is 0.761. The van der Waals surface area contributed by atoms with Crippen LogP contribution in [0.3, 0.4) is 0 Å². The zero-order valence-corrected chi connectivity index (χ0v) is 11.0. The van der Waals surface area contributed by atoms with E-state index in [1.165, 1.54) is 0 Å². The minimum Gasteiger partial charge on any atom is -0.320 e. The van der Waals surface area contributed by atoms with Gasteiger partial charge in [-0.2, -0.15) is 5.10 Å². The lowest BCUT2D eigenvalue weighted by Crippen LogP contribution is -2.13. The van der Waals surface area contributed by atoms with Crippen molar-refractivity contribution < 1.29 is 0 Å². The highest BCUT2D eigenvalue weighted by molar-refractivity contribution is 5.82. The Morgan fingerprint density at radius 2 is 1.95 bits per heavy atom. The highest BCUT2D eigenvalue weighted by Crippen LogP contribution is 2.27. The van der Waals surface area contributed by atoms with E-state index in [-0.39, 0.29) is 6.04 Å². The van der Waals surface area contributed by atoms with Gasteiger partial charge in [-0.3, -0.25) is 9.67 Å². The maximum atomic E-state index is 6.40. The van der Waals surface area contributed by atoms with Gasteiger partial charge in [0.1, 0.15) is 0 Å². The van der Waals surface area contributed by atoms with Gasteiger partial charge in [-0.15, -0.1) is 0 Å². The predicted octanol–water partition coefficient (Wildman–Crippen LogP) is 2.32. The van der Waals surface area contributed by atoms with Crippen LogP contribution in [-0.4, -0.2) is 14.8 Å². The number of para-hydroxylation sites is 1. The average molecular weight is 252 g/mol. The molecule has 0 fully saturated rings. The summed E-state index contributed by atoms with van der Waals surface area (Å²) in [6.07, 6.45) is 3.64. The average Bonchev–Trinajstić information content (AvgIpc) is 2.78. The zero-order chi connectivity index (χ0) is 13.4. The van der Waals surface area contributed by atoms with E-state index < -0.39 is 0 Å². The normalized spacial score (nSPS) is 12.8. The van der Waals surface area contributed by atoms with E-state index in [0.717, 1.165) is 27.7 Å². The fraction of sp³-hybridized carbons (Fsp3) is 0.200. The Bertz CT molecular complexity index is 725. The summed E-state index contributed by atoms with van der Waals surface area (Å²) in [5.74, 6) is 0. The second-order valence-electron chi connectivity index (χ2n) is 4.71. The van der Waals surface area contributed by atoms with Crippen LogP contribution < -0.4 is 5.73 Å². The molecule has 0 saturated heterocycles. The number of nitrogens with zero attached hydrogens (tertiary/aromatic N) is 3. The Morgan fingerprint density at radius 3 is 2.68 bits per heavy atom. The summed E-state index contributed by atoms with van der Waals surface area (Å²) in [7, 11) is 1.92. The molecule has 2 heterocycles. The van der Waals surface area contributed by atoms with Gasteiger partial charge in [0.05, 0.1) is 17.8 Å². The molecule has 0 saturated carbocycles. The molecule has 1 aromatic carbocycles. The molecular formula is C15H16N4. The molecule has 3 aromatic rings. The number of aromatic nitrogens is 3. The number of hydrogen-bond acceptors (Lipinski definition) is 3. The lowest BCUT2D eigenvalue weighted by Gasteiger charge is -2.13. The second kappa shape index (κ2) is 4.48. The predicted molar refractivity (Wildman–Crippen MR) is 75.7 cm³/mol. The van der Waals surface area contributed by atoms with Crippen LogP contribution >= 0.6 is 0 Å². The van der Waals surface area contributed by atoms with Crippen molar-refractivity contribution in [3.05, 3.63) is 59.5 Å². The third kappa shape index (κ3) is 1.90.